The molecule has 2 aliphatic rings. The van der Waals surface area contributed by atoms with Gasteiger partial charge in [0.1, 0.15) is 5.78 Å². The van der Waals surface area contributed by atoms with E-state index in [1.54, 1.807) is 0 Å². The van der Waals surface area contributed by atoms with Crippen molar-refractivity contribution in [1.82, 2.24) is 5.32 Å². The molecule has 1 N–H and O–H groups in total. The van der Waals surface area contributed by atoms with Gasteiger partial charge in [-0.05, 0) is 25.2 Å². The Morgan fingerprint density at radius 3 is 2.39 bits per heavy atom. The fourth-order valence-corrected chi connectivity index (χ4v) is 3.19. The van der Waals surface area contributed by atoms with Crippen LogP contribution in [-0.4, -0.2) is 17.7 Å². The van der Waals surface area contributed by atoms with Gasteiger partial charge < -0.3 is 5.32 Å². The van der Waals surface area contributed by atoms with Crippen molar-refractivity contribution >= 4 is 11.7 Å². The van der Waals surface area contributed by atoms with Gasteiger partial charge in [-0.3, -0.25) is 9.59 Å². The first kappa shape index (κ1) is 13.6. The summed E-state index contributed by atoms with van der Waals surface area (Å²) in [6, 6.07) is 0.251. The van der Waals surface area contributed by atoms with Crippen molar-refractivity contribution in [3.05, 3.63) is 0 Å². The van der Waals surface area contributed by atoms with Gasteiger partial charge in [0.25, 0.3) is 0 Å². The Labute approximate surface area is 110 Å². The van der Waals surface area contributed by atoms with Crippen molar-refractivity contribution in [2.24, 2.45) is 5.92 Å². The molecule has 1 amide bonds. The number of hydrogen-bond donors (Lipinski definition) is 1. The molecular weight excluding hydrogens is 226 g/mol. The predicted molar refractivity (Wildman–Crippen MR) is 71.2 cm³/mol. The highest BCUT2D eigenvalue weighted by Crippen LogP contribution is 2.27. The molecule has 2 rings (SSSR count). The fraction of sp³-hybridized carbons (Fsp3) is 0.867. The molecular formula is C15H25NO2. The maximum absolute atomic E-state index is 11.8. The topological polar surface area (TPSA) is 46.2 Å². The number of Topliss-reactive ketones (excluding diaryl/α,β-unsaturated/α-hetero) is 1. The lowest BCUT2D eigenvalue weighted by Crippen LogP contribution is -2.37. The lowest BCUT2D eigenvalue weighted by atomic mass is 9.86. The largest absolute Gasteiger partial charge is 0.353 e. The first-order valence-corrected chi connectivity index (χ1v) is 7.55. The van der Waals surface area contributed by atoms with Crippen LogP contribution in [0, 0.1) is 5.92 Å². The predicted octanol–water partition coefficient (Wildman–Crippen LogP) is 2.97. The number of amides is 1. The highest BCUT2D eigenvalue weighted by molar-refractivity contribution is 5.80. The van der Waals surface area contributed by atoms with E-state index in [0.717, 1.165) is 25.2 Å². The number of rotatable bonds is 4. The molecule has 3 heteroatoms. The Morgan fingerprint density at radius 1 is 1.06 bits per heavy atom. The van der Waals surface area contributed by atoms with E-state index < -0.39 is 0 Å². The third kappa shape index (κ3) is 4.43. The zero-order chi connectivity index (χ0) is 12.8. The van der Waals surface area contributed by atoms with Crippen molar-refractivity contribution in [3.63, 3.8) is 0 Å². The summed E-state index contributed by atoms with van der Waals surface area (Å²) in [6.07, 6.45) is 11.4. The van der Waals surface area contributed by atoms with Gasteiger partial charge in [0.15, 0.2) is 0 Å². The van der Waals surface area contributed by atoms with Crippen molar-refractivity contribution in [3.8, 4) is 0 Å². The minimum absolute atomic E-state index is 0.194. The van der Waals surface area contributed by atoms with Crippen LogP contribution in [0.1, 0.15) is 70.6 Å². The lowest BCUT2D eigenvalue weighted by Gasteiger charge is -2.24. The van der Waals surface area contributed by atoms with Crippen LogP contribution in [0.2, 0.25) is 0 Å². The molecule has 0 atom stereocenters. The summed E-state index contributed by atoms with van der Waals surface area (Å²) in [5.41, 5.74) is 0. The summed E-state index contributed by atoms with van der Waals surface area (Å²) < 4.78 is 0. The molecule has 2 fully saturated rings. The maximum atomic E-state index is 11.8. The van der Waals surface area contributed by atoms with Crippen LogP contribution in [0.4, 0.5) is 0 Å². The van der Waals surface area contributed by atoms with E-state index in [1.165, 1.54) is 32.1 Å². The zero-order valence-electron chi connectivity index (χ0n) is 11.2. The van der Waals surface area contributed by atoms with Crippen molar-refractivity contribution in [1.29, 1.82) is 0 Å². The second-order valence-electron chi connectivity index (χ2n) is 5.92. The van der Waals surface area contributed by atoms with Crippen LogP contribution in [0.25, 0.3) is 0 Å². The Kier molecular flexibility index (Phi) is 5.21. The minimum Gasteiger partial charge on any atom is -0.353 e. The van der Waals surface area contributed by atoms with Gasteiger partial charge in [-0.1, -0.05) is 32.1 Å². The molecule has 0 spiro atoms. The summed E-state index contributed by atoms with van der Waals surface area (Å²) in [5.74, 6) is 1.32. The smallest absolute Gasteiger partial charge is 0.220 e. The van der Waals surface area contributed by atoms with E-state index in [1.807, 2.05) is 0 Å². The van der Waals surface area contributed by atoms with Gasteiger partial charge in [-0.15, -0.1) is 0 Å². The highest BCUT2D eigenvalue weighted by Gasteiger charge is 2.21. The third-order valence-corrected chi connectivity index (χ3v) is 4.41. The molecule has 2 saturated carbocycles. The number of hydrogen-bond acceptors (Lipinski definition) is 2. The van der Waals surface area contributed by atoms with Crippen LogP contribution in [-0.2, 0) is 9.59 Å². The van der Waals surface area contributed by atoms with E-state index in [9.17, 15) is 9.59 Å². The van der Waals surface area contributed by atoms with Gasteiger partial charge in [0.05, 0.1) is 0 Å². The molecule has 18 heavy (non-hydrogen) atoms. The van der Waals surface area contributed by atoms with Gasteiger partial charge >= 0.3 is 0 Å². The van der Waals surface area contributed by atoms with Crippen LogP contribution in [0.3, 0.4) is 0 Å². The maximum Gasteiger partial charge on any atom is 0.220 e. The summed E-state index contributed by atoms with van der Waals surface area (Å²) in [7, 11) is 0. The normalized spacial score (nSPS) is 23.0. The second kappa shape index (κ2) is 6.91. The zero-order valence-corrected chi connectivity index (χ0v) is 11.2. The van der Waals surface area contributed by atoms with Crippen LogP contribution < -0.4 is 5.32 Å². The quantitative estimate of drug-likeness (QED) is 0.835. The van der Waals surface area contributed by atoms with Gasteiger partial charge in [-0.2, -0.15) is 0 Å². The Bertz CT molecular complexity index is 285. The molecule has 3 nitrogen and oxygen atoms in total. The highest BCUT2D eigenvalue weighted by atomic mass is 16.1. The first-order valence-electron chi connectivity index (χ1n) is 7.55. The van der Waals surface area contributed by atoms with Crippen LogP contribution >= 0.6 is 0 Å². The molecule has 0 aromatic heterocycles. The molecule has 0 heterocycles. The summed E-state index contributed by atoms with van der Waals surface area (Å²) in [4.78, 5) is 23.0. The Hall–Kier alpha value is -0.860. The van der Waals surface area contributed by atoms with Gasteiger partial charge in [-0.25, -0.2) is 0 Å². The number of nitrogens with one attached hydrogen (secondary N) is 1. The summed E-state index contributed by atoms with van der Waals surface area (Å²) >= 11 is 0. The average molecular weight is 251 g/mol. The van der Waals surface area contributed by atoms with Crippen molar-refractivity contribution in [2.45, 2.75) is 76.7 Å². The average Bonchev–Trinajstić information content (AvgIpc) is 2.40. The van der Waals surface area contributed by atoms with Gasteiger partial charge in [0.2, 0.25) is 5.91 Å². The van der Waals surface area contributed by atoms with Crippen LogP contribution in [0.15, 0.2) is 0 Å². The number of ketones is 1. The molecule has 0 aromatic carbocycles. The van der Waals surface area contributed by atoms with Crippen molar-refractivity contribution < 1.29 is 9.59 Å². The summed E-state index contributed by atoms with van der Waals surface area (Å²) in [5, 5.41) is 3.09. The fourth-order valence-electron chi connectivity index (χ4n) is 3.19. The van der Waals surface area contributed by atoms with Gasteiger partial charge in [0, 0.05) is 25.3 Å². The summed E-state index contributed by atoms with van der Waals surface area (Å²) in [6.45, 7) is 0. The second-order valence-corrected chi connectivity index (χ2v) is 5.92. The Morgan fingerprint density at radius 2 is 1.72 bits per heavy atom. The van der Waals surface area contributed by atoms with Crippen LogP contribution in [0.5, 0.6) is 0 Å². The molecule has 0 aliphatic heterocycles. The molecule has 2 aliphatic carbocycles. The SMILES string of the molecule is O=C1CCC(NC(=O)CCC2CCCCC2)CC1. The number of carbonyl (C=O) groups excluding carboxylic acids is 2. The minimum atomic E-state index is 0.194. The van der Waals surface area contributed by atoms with E-state index in [-0.39, 0.29) is 11.9 Å². The molecule has 0 unspecified atom stereocenters. The Balaban J connectivity index is 1.61. The molecule has 102 valence electrons. The monoisotopic (exact) mass is 251 g/mol. The van der Waals surface area contributed by atoms with E-state index >= 15 is 0 Å². The molecule has 0 saturated heterocycles. The lowest BCUT2D eigenvalue weighted by molar-refractivity contribution is -0.125. The molecule has 0 radical (unpaired) electrons. The van der Waals surface area contributed by atoms with Crippen molar-refractivity contribution in [2.75, 3.05) is 0 Å². The molecule has 0 aromatic rings. The standard InChI is InChI=1S/C15H25NO2/c17-14-9-7-13(8-10-14)16-15(18)11-6-12-4-2-1-3-5-12/h12-13H,1-11H2,(H,16,18). The third-order valence-electron chi connectivity index (χ3n) is 4.41. The number of carbonyl (C=O) groups is 2. The van der Waals surface area contributed by atoms with E-state index in [2.05, 4.69) is 5.32 Å². The van der Waals surface area contributed by atoms with E-state index in [0.29, 0.717) is 25.0 Å². The first-order chi connectivity index (χ1) is 8.74. The van der Waals surface area contributed by atoms with E-state index in [4.69, 9.17) is 0 Å². The molecule has 0 bridgehead atoms.